The molecule has 0 aliphatic rings. The second-order valence-electron chi connectivity index (χ2n) is 5.65. The van der Waals surface area contributed by atoms with Crippen LogP contribution in [0.1, 0.15) is 67.7 Å². The lowest BCUT2D eigenvalue weighted by Gasteiger charge is -2.38. The number of nitrogens with one attached hydrogen (secondary N) is 1. The van der Waals surface area contributed by atoms with Crippen LogP contribution in [-0.4, -0.2) is 11.4 Å². The van der Waals surface area contributed by atoms with Crippen molar-refractivity contribution in [2.24, 2.45) is 11.3 Å². The Bertz CT molecular complexity index is 231. The Kier molecular flexibility index (Phi) is 5.51. The third kappa shape index (κ3) is 3.23. The van der Waals surface area contributed by atoms with Gasteiger partial charge in [-0.25, -0.2) is 0 Å². The van der Waals surface area contributed by atoms with Crippen molar-refractivity contribution in [2.75, 3.05) is 0 Å². The van der Waals surface area contributed by atoms with Crippen molar-refractivity contribution in [3.8, 4) is 0 Å². The molecule has 0 fully saturated rings. The molecule has 0 aliphatic carbocycles. The molecule has 0 aliphatic heterocycles. The van der Waals surface area contributed by atoms with Crippen LogP contribution in [0.25, 0.3) is 0 Å². The van der Waals surface area contributed by atoms with E-state index in [1.54, 1.807) is 0 Å². The van der Waals surface area contributed by atoms with E-state index < -0.39 is 0 Å². The Hall–Kier alpha value is -0.530. The van der Waals surface area contributed by atoms with Crippen LogP contribution in [0.3, 0.4) is 0 Å². The third-order valence-corrected chi connectivity index (χ3v) is 4.52. The van der Waals surface area contributed by atoms with Gasteiger partial charge in [0.05, 0.1) is 0 Å². The van der Waals surface area contributed by atoms with Gasteiger partial charge in [0.1, 0.15) is 0 Å². The van der Waals surface area contributed by atoms with E-state index in [4.69, 9.17) is 0 Å². The van der Waals surface area contributed by atoms with Gasteiger partial charge >= 0.3 is 0 Å². The molecule has 0 rings (SSSR count). The maximum Gasteiger partial charge on any atom is 0.226 e. The molecule has 2 heteroatoms. The first kappa shape index (κ1) is 15.5. The quantitative estimate of drug-likeness (QED) is 0.735. The maximum absolute atomic E-state index is 12.3. The van der Waals surface area contributed by atoms with Crippen molar-refractivity contribution in [3.05, 3.63) is 0 Å². The topological polar surface area (TPSA) is 29.1 Å². The van der Waals surface area contributed by atoms with E-state index in [0.717, 1.165) is 19.3 Å². The third-order valence-electron chi connectivity index (χ3n) is 4.52. The summed E-state index contributed by atoms with van der Waals surface area (Å²) < 4.78 is 0. The second-order valence-corrected chi connectivity index (χ2v) is 5.65. The Labute approximate surface area is 101 Å². The number of carbonyl (C=O) groups is 1. The van der Waals surface area contributed by atoms with E-state index in [9.17, 15) is 4.79 Å². The summed E-state index contributed by atoms with van der Waals surface area (Å²) in [6.45, 7) is 14.8. The zero-order valence-electron chi connectivity index (χ0n) is 12.1. The Morgan fingerprint density at radius 1 is 1.06 bits per heavy atom. The predicted molar refractivity (Wildman–Crippen MR) is 70.4 cm³/mol. The SMILES string of the molecule is CCC(C)(CC)C(=O)NC(C)(CC)C(C)C. The highest BCUT2D eigenvalue weighted by Crippen LogP contribution is 2.28. The van der Waals surface area contributed by atoms with Gasteiger partial charge in [0.25, 0.3) is 0 Å². The summed E-state index contributed by atoms with van der Waals surface area (Å²) in [5, 5.41) is 3.25. The molecule has 1 atom stereocenters. The van der Waals surface area contributed by atoms with E-state index in [1.807, 2.05) is 0 Å². The summed E-state index contributed by atoms with van der Waals surface area (Å²) in [7, 11) is 0. The molecule has 16 heavy (non-hydrogen) atoms. The normalized spacial score (nSPS) is 16.0. The molecule has 0 radical (unpaired) electrons. The van der Waals surface area contributed by atoms with E-state index in [1.165, 1.54) is 0 Å². The Morgan fingerprint density at radius 3 is 1.75 bits per heavy atom. The van der Waals surface area contributed by atoms with Gasteiger partial charge in [-0.3, -0.25) is 4.79 Å². The number of amides is 1. The monoisotopic (exact) mass is 227 g/mol. The molecule has 0 saturated carbocycles. The number of hydrogen-bond acceptors (Lipinski definition) is 1. The highest BCUT2D eigenvalue weighted by atomic mass is 16.2. The number of hydrogen-bond donors (Lipinski definition) is 1. The van der Waals surface area contributed by atoms with Gasteiger partial charge in [-0.15, -0.1) is 0 Å². The van der Waals surface area contributed by atoms with Crippen molar-refractivity contribution in [1.82, 2.24) is 5.32 Å². The highest BCUT2D eigenvalue weighted by Gasteiger charge is 2.35. The molecule has 0 aromatic rings. The van der Waals surface area contributed by atoms with E-state index in [-0.39, 0.29) is 16.9 Å². The zero-order chi connectivity index (χ0) is 13.0. The van der Waals surface area contributed by atoms with Crippen molar-refractivity contribution >= 4 is 5.91 Å². The lowest BCUT2D eigenvalue weighted by atomic mass is 9.80. The van der Waals surface area contributed by atoms with Crippen LogP contribution in [0.2, 0.25) is 0 Å². The van der Waals surface area contributed by atoms with Gasteiger partial charge in [-0.05, 0) is 32.1 Å². The van der Waals surface area contributed by atoms with Gasteiger partial charge in [0, 0.05) is 11.0 Å². The summed E-state index contributed by atoms with van der Waals surface area (Å²) in [4.78, 5) is 12.3. The fraction of sp³-hybridized carbons (Fsp3) is 0.929. The van der Waals surface area contributed by atoms with E-state index in [0.29, 0.717) is 5.92 Å². The first-order chi connectivity index (χ1) is 7.25. The molecule has 96 valence electrons. The summed E-state index contributed by atoms with van der Waals surface area (Å²) in [6.07, 6.45) is 2.76. The van der Waals surface area contributed by atoms with Gasteiger partial charge in [-0.2, -0.15) is 0 Å². The first-order valence-corrected chi connectivity index (χ1v) is 6.58. The Balaban J connectivity index is 4.78. The summed E-state index contributed by atoms with van der Waals surface area (Å²) in [5.74, 6) is 0.662. The standard InChI is InChI=1S/C14H29NO/c1-8-13(6,9-2)12(16)15-14(7,10-3)11(4)5/h11H,8-10H2,1-7H3,(H,15,16). The minimum absolute atomic E-state index is 0.0807. The van der Waals surface area contributed by atoms with Crippen LogP contribution in [-0.2, 0) is 4.79 Å². The summed E-state index contributed by atoms with van der Waals surface area (Å²) in [5.41, 5.74) is -0.298. The average molecular weight is 227 g/mol. The van der Waals surface area contributed by atoms with Crippen molar-refractivity contribution in [1.29, 1.82) is 0 Å². The minimum Gasteiger partial charge on any atom is -0.350 e. The van der Waals surface area contributed by atoms with Gasteiger partial charge in [0.2, 0.25) is 5.91 Å². The number of carbonyl (C=O) groups excluding carboxylic acids is 1. The maximum atomic E-state index is 12.3. The zero-order valence-corrected chi connectivity index (χ0v) is 12.1. The van der Waals surface area contributed by atoms with E-state index in [2.05, 4.69) is 53.8 Å². The lowest BCUT2D eigenvalue weighted by Crippen LogP contribution is -2.53. The van der Waals surface area contributed by atoms with Gasteiger partial charge in [0.15, 0.2) is 0 Å². The minimum atomic E-state index is -0.217. The second kappa shape index (κ2) is 5.70. The van der Waals surface area contributed by atoms with E-state index >= 15 is 0 Å². The van der Waals surface area contributed by atoms with Crippen LogP contribution in [0, 0.1) is 11.3 Å². The average Bonchev–Trinajstić information content (AvgIpc) is 2.27. The van der Waals surface area contributed by atoms with Crippen molar-refractivity contribution in [3.63, 3.8) is 0 Å². The highest BCUT2D eigenvalue weighted by molar-refractivity contribution is 5.82. The molecular weight excluding hydrogens is 198 g/mol. The molecule has 0 spiro atoms. The number of rotatable bonds is 6. The summed E-state index contributed by atoms with van der Waals surface area (Å²) in [6, 6.07) is 0. The van der Waals surface area contributed by atoms with Crippen LogP contribution < -0.4 is 5.32 Å². The molecule has 0 aromatic carbocycles. The fourth-order valence-corrected chi connectivity index (χ4v) is 1.62. The van der Waals surface area contributed by atoms with Crippen molar-refractivity contribution < 1.29 is 4.79 Å². The molecule has 1 N–H and O–H groups in total. The van der Waals surface area contributed by atoms with Crippen LogP contribution >= 0.6 is 0 Å². The molecule has 0 saturated heterocycles. The first-order valence-electron chi connectivity index (χ1n) is 6.58. The molecule has 1 amide bonds. The molecule has 2 nitrogen and oxygen atoms in total. The lowest BCUT2D eigenvalue weighted by molar-refractivity contribution is -0.133. The summed E-state index contributed by atoms with van der Waals surface area (Å²) >= 11 is 0. The van der Waals surface area contributed by atoms with Gasteiger partial charge in [-0.1, -0.05) is 41.5 Å². The van der Waals surface area contributed by atoms with Gasteiger partial charge < -0.3 is 5.32 Å². The fourth-order valence-electron chi connectivity index (χ4n) is 1.62. The predicted octanol–water partition coefficient (Wildman–Crippen LogP) is 3.75. The van der Waals surface area contributed by atoms with Crippen molar-refractivity contribution in [2.45, 2.75) is 73.3 Å². The molecule has 1 unspecified atom stereocenters. The largest absolute Gasteiger partial charge is 0.350 e. The van der Waals surface area contributed by atoms with Crippen LogP contribution in [0.5, 0.6) is 0 Å². The smallest absolute Gasteiger partial charge is 0.226 e. The molecule has 0 aromatic heterocycles. The molecule has 0 heterocycles. The molecule has 0 bridgehead atoms. The Morgan fingerprint density at radius 2 is 1.50 bits per heavy atom. The molecular formula is C14H29NO. The van der Waals surface area contributed by atoms with Crippen LogP contribution in [0.4, 0.5) is 0 Å². The van der Waals surface area contributed by atoms with Crippen LogP contribution in [0.15, 0.2) is 0 Å².